The number of benzene rings is 2. The SMILES string of the molecule is CCN(CC(=O)NCCc1ccccc1)S(=O)(=O)c1ccc(F)cc1. The van der Waals surface area contributed by atoms with E-state index < -0.39 is 15.8 Å². The standard InChI is InChI=1S/C18H21FN2O3S/c1-2-21(25(23,24)17-10-8-16(19)9-11-17)14-18(22)20-13-12-15-6-4-3-5-7-15/h3-11H,2,12-14H2,1H3,(H,20,22). The van der Waals surface area contributed by atoms with Crippen LogP contribution in [0.15, 0.2) is 59.5 Å². The van der Waals surface area contributed by atoms with Crippen LogP contribution in [-0.2, 0) is 21.2 Å². The van der Waals surface area contributed by atoms with Gasteiger partial charge in [-0.1, -0.05) is 37.3 Å². The molecule has 2 aromatic carbocycles. The van der Waals surface area contributed by atoms with Crippen LogP contribution in [-0.4, -0.2) is 38.3 Å². The summed E-state index contributed by atoms with van der Waals surface area (Å²) < 4.78 is 39.1. The second-order valence-electron chi connectivity index (χ2n) is 5.47. The molecule has 25 heavy (non-hydrogen) atoms. The number of carbonyl (C=O) groups excluding carboxylic acids is 1. The van der Waals surface area contributed by atoms with Crippen molar-refractivity contribution in [3.63, 3.8) is 0 Å². The van der Waals surface area contributed by atoms with Crippen LogP contribution >= 0.6 is 0 Å². The molecule has 0 heterocycles. The van der Waals surface area contributed by atoms with Crippen molar-refractivity contribution in [3.8, 4) is 0 Å². The highest BCUT2D eigenvalue weighted by atomic mass is 32.2. The van der Waals surface area contributed by atoms with E-state index >= 15 is 0 Å². The lowest BCUT2D eigenvalue weighted by atomic mass is 10.1. The molecule has 134 valence electrons. The van der Waals surface area contributed by atoms with Gasteiger partial charge >= 0.3 is 0 Å². The molecule has 0 atom stereocenters. The van der Waals surface area contributed by atoms with Crippen LogP contribution in [0.25, 0.3) is 0 Å². The molecular formula is C18H21FN2O3S. The molecule has 0 aromatic heterocycles. The Balaban J connectivity index is 1.93. The Hall–Kier alpha value is -2.25. The Bertz CT molecular complexity index is 793. The maximum Gasteiger partial charge on any atom is 0.243 e. The second kappa shape index (κ2) is 8.73. The minimum absolute atomic E-state index is 0.0344. The molecule has 2 rings (SSSR count). The van der Waals surface area contributed by atoms with Gasteiger partial charge in [-0.3, -0.25) is 4.79 Å². The van der Waals surface area contributed by atoms with Gasteiger partial charge in [0.25, 0.3) is 0 Å². The van der Waals surface area contributed by atoms with Gasteiger partial charge in [-0.15, -0.1) is 0 Å². The van der Waals surface area contributed by atoms with Gasteiger partial charge in [-0.2, -0.15) is 4.31 Å². The van der Waals surface area contributed by atoms with E-state index in [1.54, 1.807) is 6.92 Å². The van der Waals surface area contributed by atoms with Gasteiger partial charge in [0.15, 0.2) is 0 Å². The molecule has 7 heteroatoms. The van der Waals surface area contributed by atoms with Gasteiger partial charge < -0.3 is 5.32 Å². The van der Waals surface area contributed by atoms with Crippen LogP contribution < -0.4 is 5.32 Å². The highest BCUT2D eigenvalue weighted by Gasteiger charge is 2.25. The second-order valence-corrected chi connectivity index (χ2v) is 7.41. The van der Waals surface area contributed by atoms with Crippen molar-refractivity contribution in [2.75, 3.05) is 19.6 Å². The summed E-state index contributed by atoms with van der Waals surface area (Å²) in [6, 6.07) is 14.2. The number of nitrogens with zero attached hydrogens (tertiary/aromatic N) is 1. The molecule has 0 aliphatic heterocycles. The highest BCUT2D eigenvalue weighted by molar-refractivity contribution is 7.89. The fraction of sp³-hybridized carbons (Fsp3) is 0.278. The van der Waals surface area contributed by atoms with E-state index in [4.69, 9.17) is 0 Å². The molecular weight excluding hydrogens is 343 g/mol. The summed E-state index contributed by atoms with van der Waals surface area (Å²) >= 11 is 0. The Labute approximate surface area is 147 Å². The topological polar surface area (TPSA) is 66.5 Å². The van der Waals surface area contributed by atoms with Crippen LogP contribution in [0.3, 0.4) is 0 Å². The molecule has 0 aliphatic rings. The number of sulfonamides is 1. The zero-order valence-corrected chi connectivity index (χ0v) is 14.8. The fourth-order valence-electron chi connectivity index (χ4n) is 2.33. The lowest BCUT2D eigenvalue weighted by Crippen LogP contribution is -2.41. The fourth-order valence-corrected chi connectivity index (χ4v) is 3.73. The molecule has 0 saturated heterocycles. The minimum Gasteiger partial charge on any atom is -0.355 e. The van der Waals surface area contributed by atoms with E-state index in [-0.39, 0.29) is 23.9 Å². The van der Waals surface area contributed by atoms with E-state index in [2.05, 4.69) is 5.32 Å². The summed E-state index contributed by atoms with van der Waals surface area (Å²) in [4.78, 5) is 12.0. The van der Waals surface area contributed by atoms with E-state index in [9.17, 15) is 17.6 Å². The van der Waals surface area contributed by atoms with Crippen molar-refractivity contribution < 1.29 is 17.6 Å². The Kier molecular flexibility index (Phi) is 6.66. The summed E-state index contributed by atoms with van der Waals surface area (Å²) in [6.07, 6.45) is 0.670. The normalized spacial score (nSPS) is 11.5. The van der Waals surface area contributed by atoms with Crippen molar-refractivity contribution in [3.05, 3.63) is 66.0 Å². The van der Waals surface area contributed by atoms with Gasteiger partial charge in [-0.05, 0) is 36.2 Å². The van der Waals surface area contributed by atoms with Crippen LogP contribution in [0.2, 0.25) is 0 Å². The minimum atomic E-state index is -3.83. The molecule has 1 N–H and O–H groups in total. The third-order valence-corrected chi connectivity index (χ3v) is 5.64. The molecule has 0 radical (unpaired) electrons. The van der Waals surface area contributed by atoms with E-state index in [1.807, 2.05) is 30.3 Å². The third kappa shape index (κ3) is 5.37. The summed E-state index contributed by atoms with van der Waals surface area (Å²) in [5.41, 5.74) is 1.09. The van der Waals surface area contributed by atoms with Crippen molar-refractivity contribution in [1.82, 2.24) is 9.62 Å². The zero-order chi connectivity index (χ0) is 18.3. The maximum atomic E-state index is 13.0. The third-order valence-electron chi connectivity index (χ3n) is 3.70. The molecule has 0 aliphatic carbocycles. The number of carbonyl (C=O) groups is 1. The Morgan fingerprint density at radius 2 is 1.72 bits per heavy atom. The van der Waals surface area contributed by atoms with Gasteiger partial charge in [0.1, 0.15) is 5.82 Å². The number of hydrogen-bond donors (Lipinski definition) is 1. The molecule has 0 bridgehead atoms. The van der Waals surface area contributed by atoms with Crippen LogP contribution in [0.1, 0.15) is 12.5 Å². The average molecular weight is 364 g/mol. The number of halogens is 1. The Morgan fingerprint density at radius 3 is 2.32 bits per heavy atom. The van der Waals surface area contributed by atoms with Crippen molar-refractivity contribution >= 4 is 15.9 Å². The maximum absolute atomic E-state index is 13.0. The first-order chi connectivity index (χ1) is 11.9. The first-order valence-electron chi connectivity index (χ1n) is 8.00. The highest BCUT2D eigenvalue weighted by Crippen LogP contribution is 2.15. The van der Waals surface area contributed by atoms with Gasteiger partial charge in [0, 0.05) is 13.1 Å². The van der Waals surface area contributed by atoms with E-state index in [0.717, 1.165) is 22.0 Å². The summed E-state index contributed by atoms with van der Waals surface area (Å²) in [7, 11) is -3.83. The summed E-state index contributed by atoms with van der Waals surface area (Å²) in [5, 5.41) is 2.72. The molecule has 5 nitrogen and oxygen atoms in total. The van der Waals surface area contributed by atoms with Crippen LogP contribution in [0.5, 0.6) is 0 Å². The molecule has 0 saturated carbocycles. The number of amides is 1. The predicted molar refractivity (Wildman–Crippen MR) is 94.0 cm³/mol. The van der Waals surface area contributed by atoms with Gasteiger partial charge in [-0.25, -0.2) is 12.8 Å². The van der Waals surface area contributed by atoms with Crippen molar-refractivity contribution in [1.29, 1.82) is 0 Å². The molecule has 0 spiro atoms. The predicted octanol–water partition coefficient (Wildman–Crippen LogP) is 2.20. The van der Waals surface area contributed by atoms with Crippen LogP contribution in [0, 0.1) is 5.82 Å². The first kappa shape index (κ1) is 19.1. The van der Waals surface area contributed by atoms with E-state index in [0.29, 0.717) is 13.0 Å². The average Bonchev–Trinajstić information content (AvgIpc) is 2.61. The Morgan fingerprint density at radius 1 is 1.08 bits per heavy atom. The quantitative estimate of drug-likeness (QED) is 0.781. The number of likely N-dealkylation sites (N-methyl/N-ethyl adjacent to an activating group) is 1. The van der Waals surface area contributed by atoms with E-state index in [1.165, 1.54) is 12.1 Å². The first-order valence-corrected chi connectivity index (χ1v) is 9.44. The number of nitrogens with one attached hydrogen (secondary N) is 1. The summed E-state index contributed by atoms with van der Waals surface area (Å²) in [5.74, 6) is -0.885. The smallest absolute Gasteiger partial charge is 0.243 e. The van der Waals surface area contributed by atoms with Gasteiger partial charge in [0.05, 0.1) is 11.4 Å². The number of rotatable bonds is 8. The zero-order valence-electron chi connectivity index (χ0n) is 14.0. The lowest BCUT2D eigenvalue weighted by Gasteiger charge is -2.20. The molecule has 1 amide bonds. The summed E-state index contributed by atoms with van der Waals surface area (Å²) in [6.45, 7) is 1.95. The molecule has 2 aromatic rings. The van der Waals surface area contributed by atoms with Crippen molar-refractivity contribution in [2.45, 2.75) is 18.2 Å². The lowest BCUT2D eigenvalue weighted by molar-refractivity contribution is -0.121. The molecule has 0 unspecified atom stereocenters. The van der Waals surface area contributed by atoms with Crippen LogP contribution in [0.4, 0.5) is 4.39 Å². The molecule has 0 fully saturated rings. The van der Waals surface area contributed by atoms with Crippen molar-refractivity contribution in [2.24, 2.45) is 0 Å². The number of hydrogen-bond acceptors (Lipinski definition) is 3. The monoisotopic (exact) mass is 364 g/mol. The largest absolute Gasteiger partial charge is 0.355 e. The van der Waals surface area contributed by atoms with Gasteiger partial charge in [0.2, 0.25) is 15.9 Å².